The van der Waals surface area contributed by atoms with Gasteiger partial charge in [0.25, 0.3) is 0 Å². The van der Waals surface area contributed by atoms with Crippen LogP contribution in [-0.2, 0) is 25.7 Å². The molecule has 0 saturated heterocycles. The molecule has 168 valence electrons. The van der Waals surface area contributed by atoms with Gasteiger partial charge >= 0.3 is 6.03 Å². The number of Topliss-reactive ketones (excluding diaryl/α,β-unsaturated/α-hetero) is 1. The predicted octanol–water partition coefficient (Wildman–Crippen LogP) is -0.387. The van der Waals surface area contributed by atoms with E-state index < -0.39 is 41.6 Å². The Morgan fingerprint density at radius 3 is 2.23 bits per heavy atom. The third-order valence-corrected chi connectivity index (χ3v) is 4.28. The van der Waals surface area contributed by atoms with Gasteiger partial charge in [0.1, 0.15) is 12.1 Å². The summed E-state index contributed by atoms with van der Waals surface area (Å²) in [7, 11) is 0. The lowest BCUT2D eigenvalue weighted by Crippen LogP contribution is -2.57. The molecule has 1 rings (SSSR count). The van der Waals surface area contributed by atoms with Gasteiger partial charge in [0, 0.05) is 31.5 Å². The summed E-state index contributed by atoms with van der Waals surface area (Å²) in [6.45, 7) is 1.04. The summed E-state index contributed by atoms with van der Waals surface area (Å²) in [4.78, 5) is 59.0. The number of hydrogen-bond acceptors (Lipinski definition) is 6. The molecule has 5 amide bonds. The van der Waals surface area contributed by atoms with Crippen LogP contribution in [0.25, 0.3) is 0 Å². The van der Waals surface area contributed by atoms with Gasteiger partial charge in [-0.3, -0.25) is 19.2 Å². The van der Waals surface area contributed by atoms with Crippen LogP contribution in [0.5, 0.6) is 0 Å². The smallest absolute Gasteiger partial charge is 0.312 e. The minimum Gasteiger partial charge on any atom is -0.352 e. The average Bonchev–Trinajstić information content (AvgIpc) is 2.72. The number of carbonyl (C=O) groups excluding carboxylic acids is 5. The number of ketones is 1. The fourth-order valence-corrected chi connectivity index (χ4v) is 2.60. The zero-order chi connectivity index (χ0) is 23.4. The van der Waals surface area contributed by atoms with Crippen LogP contribution in [0.3, 0.4) is 0 Å². The van der Waals surface area contributed by atoms with Gasteiger partial charge in [0.15, 0.2) is 5.78 Å². The number of nitrogens with one attached hydrogen (secondary N) is 5. The van der Waals surface area contributed by atoms with Crippen molar-refractivity contribution in [1.82, 2.24) is 21.3 Å². The minimum absolute atomic E-state index is 0.0670. The Morgan fingerprint density at radius 1 is 1.03 bits per heavy atom. The Hall–Kier alpha value is -3.47. The zero-order valence-electron chi connectivity index (χ0n) is 16.9. The van der Waals surface area contributed by atoms with E-state index in [1.807, 2.05) is 0 Å². The van der Waals surface area contributed by atoms with Crippen LogP contribution in [0.4, 0.5) is 4.79 Å². The summed E-state index contributed by atoms with van der Waals surface area (Å²) in [5.41, 5.74) is 5.76. The van der Waals surface area contributed by atoms with E-state index in [4.69, 9.17) is 22.7 Å². The standard InChI is InChI=1S/C19H25ClN6O5/c1-11(27)25-16(10-24-19(22)31)18(30)26-15(7-6-14(28)8-21)17(29)23-9-12-2-4-13(20)5-3-12/h2-5,8,15-16,21H,6-7,9-10H2,1H3,(H,23,29)(H,25,27)(H,26,30)(H3,22,24,31)/t15-,16-/m0/s1. The van der Waals surface area contributed by atoms with Gasteiger partial charge in [0.05, 0.1) is 6.21 Å². The van der Waals surface area contributed by atoms with Gasteiger partial charge in [-0.1, -0.05) is 23.7 Å². The Morgan fingerprint density at radius 2 is 1.68 bits per heavy atom. The van der Waals surface area contributed by atoms with Crippen LogP contribution >= 0.6 is 11.6 Å². The molecule has 0 bridgehead atoms. The fourth-order valence-electron chi connectivity index (χ4n) is 2.47. The topological polar surface area (TPSA) is 183 Å². The molecule has 31 heavy (non-hydrogen) atoms. The lowest BCUT2D eigenvalue weighted by Gasteiger charge is -2.22. The summed E-state index contributed by atoms with van der Waals surface area (Å²) < 4.78 is 0. The second-order valence-electron chi connectivity index (χ2n) is 6.55. The van der Waals surface area contributed by atoms with E-state index in [1.165, 1.54) is 6.92 Å². The number of nitrogens with two attached hydrogens (primary N) is 1. The van der Waals surface area contributed by atoms with Crippen LogP contribution in [-0.4, -0.2) is 54.4 Å². The van der Waals surface area contributed by atoms with Gasteiger partial charge in [-0.25, -0.2) is 4.79 Å². The molecular weight excluding hydrogens is 428 g/mol. The number of urea groups is 1. The van der Waals surface area contributed by atoms with Gasteiger partial charge in [-0.05, 0) is 24.1 Å². The quantitative estimate of drug-likeness (QED) is 0.235. The lowest BCUT2D eigenvalue weighted by atomic mass is 10.1. The van der Waals surface area contributed by atoms with Crippen molar-refractivity contribution in [2.45, 2.75) is 38.4 Å². The van der Waals surface area contributed by atoms with Crippen molar-refractivity contribution in [2.75, 3.05) is 6.54 Å². The maximum atomic E-state index is 12.6. The van der Waals surface area contributed by atoms with E-state index in [0.717, 1.165) is 5.56 Å². The van der Waals surface area contributed by atoms with E-state index in [-0.39, 0.29) is 25.9 Å². The highest BCUT2D eigenvalue weighted by Crippen LogP contribution is 2.09. The van der Waals surface area contributed by atoms with E-state index in [1.54, 1.807) is 24.3 Å². The Kier molecular flexibility index (Phi) is 10.7. The summed E-state index contributed by atoms with van der Waals surface area (Å²) in [6, 6.07) is 3.57. The van der Waals surface area contributed by atoms with Crippen LogP contribution in [0.15, 0.2) is 24.3 Å². The Balaban J connectivity index is 2.86. The molecule has 1 aromatic rings. The highest BCUT2D eigenvalue weighted by molar-refractivity contribution is 6.30. The van der Waals surface area contributed by atoms with Gasteiger partial charge in [-0.15, -0.1) is 0 Å². The summed E-state index contributed by atoms with van der Waals surface area (Å²) in [6.07, 6.45) is 0.414. The largest absolute Gasteiger partial charge is 0.352 e. The van der Waals surface area contributed by atoms with Crippen LogP contribution < -0.4 is 27.0 Å². The number of halogens is 1. The van der Waals surface area contributed by atoms with Gasteiger partial charge < -0.3 is 32.4 Å². The average molecular weight is 453 g/mol. The highest BCUT2D eigenvalue weighted by atomic mass is 35.5. The number of amides is 5. The number of rotatable bonds is 12. The molecule has 0 radical (unpaired) electrons. The van der Waals surface area contributed by atoms with Crippen molar-refractivity contribution in [2.24, 2.45) is 5.73 Å². The van der Waals surface area contributed by atoms with Gasteiger partial charge in [-0.2, -0.15) is 0 Å². The minimum atomic E-state index is -1.19. The summed E-state index contributed by atoms with van der Waals surface area (Å²) in [5, 5.41) is 17.2. The Labute approximate surface area is 184 Å². The molecule has 0 saturated carbocycles. The second kappa shape index (κ2) is 13.0. The number of primary amides is 1. The first kappa shape index (κ1) is 25.6. The maximum absolute atomic E-state index is 12.6. The molecule has 0 aliphatic heterocycles. The maximum Gasteiger partial charge on any atom is 0.312 e. The van der Waals surface area contributed by atoms with E-state index in [0.29, 0.717) is 11.2 Å². The molecule has 12 heteroatoms. The van der Waals surface area contributed by atoms with Crippen molar-refractivity contribution in [3.63, 3.8) is 0 Å². The van der Waals surface area contributed by atoms with Crippen molar-refractivity contribution in [1.29, 1.82) is 5.41 Å². The highest BCUT2D eigenvalue weighted by Gasteiger charge is 2.26. The van der Waals surface area contributed by atoms with Crippen LogP contribution in [0.2, 0.25) is 5.02 Å². The van der Waals surface area contributed by atoms with Crippen molar-refractivity contribution < 1.29 is 24.0 Å². The molecule has 0 heterocycles. The van der Waals surface area contributed by atoms with Gasteiger partial charge in [0.2, 0.25) is 17.7 Å². The van der Waals surface area contributed by atoms with E-state index in [2.05, 4.69) is 21.3 Å². The summed E-state index contributed by atoms with van der Waals surface area (Å²) >= 11 is 5.83. The molecule has 7 N–H and O–H groups in total. The third kappa shape index (κ3) is 10.2. The predicted molar refractivity (Wildman–Crippen MR) is 113 cm³/mol. The van der Waals surface area contributed by atoms with E-state index >= 15 is 0 Å². The first-order valence-electron chi connectivity index (χ1n) is 9.28. The normalized spacial score (nSPS) is 12.1. The molecule has 0 spiro atoms. The number of benzene rings is 1. The molecule has 0 aliphatic carbocycles. The van der Waals surface area contributed by atoms with E-state index in [9.17, 15) is 24.0 Å². The SMILES string of the molecule is CC(=O)N[C@@H](CNC(N)=O)C(=O)N[C@@H](CCC(=O)C=N)C(=O)NCc1ccc(Cl)cc1. The molecule has 1 aromatic carbocycles. The molecule has 2 atom stereocenters. The number of carbonyl (C=O) groups is 5. The van der Waals surface area contributed by atoms with Crippen LogP contribution in [0.1, 0.15) is 25.3 Å². The molecule has 11 nitrogen and oxygen atoms in total. The molecule has 0 aromatic heterocycles. The van der Waals surface area contributed by atoms with Crippen molar-refractivity contribution in [3.05, 3.63) is 34.9 Å². The molecule has 0 aliphatic rings. The van der Waals surface area contributed by atoms with Crippen molar-refractivity contribution in [3.8, 4) is 0 Å². The lowest BCUT2D eigenvalue weighted by molar-refractivity contribution is -0.132. The fraction of sp³-hybridized carbons (Fsp3) is 0.368. The van der Waals surface area contributed by atoms with Crippen molar-refractivity contribution >= 4 is 47.4 Å². The Bertz CT molecular complexity index is 830. The molecule has 0 unspecified atom stereocenters. The summed E-state index contributed by atoms with van der Waals surface area (Å²) in [5.74, 6) is -2.36. The molecular formula is C19H25ClN6O5. The second-order valence-corrected chi connectivity index (χ2v) is 6.99. The number of hydrogen-bond donors (Lipinski definition) is 6. The first-order valence-corrected chi connectivity index (χ1v) is 9.66. The zero-order valence-corrected chi connectivity index (χ0v) is 17.6. The first-order chi connectivity index (χ1) is 14.6. The molecule has 0 fully saturated rings. The monoisotopic (exact) mass is 452 g/mol. The third-order valence-electron chi connectivity index (χ3n) is 4.03. The van der Waals surface area contributed by atoms with Crippen LogP contribution in [0, 0.1) is 5.41 Å².